The minimum Gasteiger partial charge on any atom is -0.501 e. The van der Waals surface area contributed by atoms with Gasteiger partial charge >= 0.3 is 0 Å². The maximum absolute atomic E-state index is 5.09. The molecule has 46 valence electrons. The molecule has 0 N–H and O–H groups in total. The van der Waals surface area contributed by atoms with E-state index in [2.05, 4.69) is 13.8 Å². The molecule has 1 unspecified atom stereocenters. The van der Waals surface area contributed by atoms with Gasteiger partial charge in [-0.1, -0.05) is 6.92 Å². The van der Waals surface area contributed by atoms with Gasteiger partial charge in [0.15, 0.2) is 0 Å². The van der Waals surface area contributed by atoms with Crippen LogP contribution in [0.1, 0.15) is 20.3 Å². The average Bonchev–Trinajstić information content (AvgIpc) is 1.77. The van der Waals surface area contributed by atoms with Crippen LogP contribution >= 0.6 is 0 Å². The average molecular weight is 112 g/mol. The molecule has 0 aromatic rings. The van der Waals surface area contributed by atoms with Gasteiger partial charge in [-0.25, -0.2) is 0 Å². The van der Waals surface area contributed by atoms with Crippen molar-refractivity contribution < 1.29 is 4.74 Å². The molecule has 8 heavy (non-hydrogen) atoms. The molecule has 0 radical (unpaired) electrons. The third-order valence-corrected chi connectivity index (χ3v) is 1.72. The standard InChI is InChI=1S/C7H12O/c1-6-3-4-8-5-7(6)2/h5-6H,3-4H2,1-2H3. The Labute approximate surface area is 50.3 Å². The first-order valence-electron chi connectivity index (χ1n) is 3.09. The summed E-state index contributed by atoms with van der Waals surface area (Å²) >= 11 is 0. The summed E-state index contributed by atoms with van der Waals surface area (Å²) in [4.78, 5) is 0. The van der Waals surface area contributed by atoms with Crippen LogP contribution in [0.3, 0.4) is 0 Å². The predicted molar refractivity (Wildman–Crippen MR) is 33.5 cm³/mol. The predicted octanol–water partition coefficient (Wildman–Crippen LogP) is 1.95. The van der Waals surface area contributed by atoms with E-state index in [1.807, 2.05) is 6.26 Å². The van der Waals surface area contributed by atoms with Gasteiger partial charge < -0.3 is 4.74 Å². The van der Waals surface area contributed by atoms with Crippen molar-refractivity contribution in [3.63, 3.8) is 0 Å². The molecule has 0 aliphatic carbocycles. The molecular weight excluding hydrogens is 100 g/mol. The van der Waals surface area contributed by atoms with E-state index in [1.165, 1.54) is 12.0 Å². The van der Waals surface area contributed by atoms with Gasteiger partial charge in [0.25, 0.3) is 0 Å². The molecule has 0 amide bonds. The van der Waals surface area contributed by atoms with Crippen molar-refractivity contribution in [1.82, 2.24) is 0 Å². The molecule has 0 fully saturated rings. The van der Waals surface area contributed by atoms with Crippen LogP contribution in [-0.4, -0.2) is 6.61 Å². The summed E-state index contributed by atoms with van der Waals surface area (Å²) in [5.41, 5.74) is 1.37. The van der Waals surface area contributed by atoms with E-state index in [4.69, 9.17) is 4.74 Å². The Hall–Kier alpha value is -0.460. The zero-order valence-electron chi connectivity index (χ0n) is 5.48. The Morgan fingerprint density at radius 1 is 1.75 bits per heavy atom. The summed E-state index contributed by atoms with van der Waals surface area (Å²) < 4.78 is 5.09. The molecule has 1 atom stereocenters. The number of hydrogen-bond donors (Lipinski definition) is 0. The van der Waals surface area contributed by atoms with Crippen molar-refractivity contribution in [1.29, 1.82) is 0 Å². The van der Waals surface area contributed by atoms with Crippen molar-refractivity contribution in [3.05, 3.63) is 11.8 Å². The molecule has 0 bridgehead atoms. The molecule has 1 nitrogen and oxygen atoms in total. The maximum atomic E-state index is 5.09. The Bertz CT molecular complexity index is 105. The van der Waals surface area contributed by atoms with Crippen LogP contribution in [0.25, 0.3) is 0 Å². The van der Waals surface area contributed by atoms with E-state index in [1.54, 1.807) is 0 Å². The fraction of sp³-hybridized carbons (Fsp3) is 0.714. The molecule has 1 aliphatic rings. The van der Waals surface area contributed by atoms with Crippen LogP contribution in [0.2, 0.25) is 0 Å². The molecule has 0 saturated heterocycles. The molecule has 1 rings (SSSR count). The fourth-order valence-electron chi connectivity index (χ4n) is 0.779. The normalized spacial score (nSPS) is 28.8. The maximum Gasteiger partial charge on any atom is 0.0878 e. The zero-order valence-corrected chi connectivity index (χ0v) is 5.48. The summed E-state index contributed by atoms with van der Waals surface area (Å²) in [7, 11) is 0. The van der Waals surface area contributed by atoms with Crippen LogP contribution in [-0.2, 0) is 4.74 Å². The first kappa shape index (κ1) is 5.67. The van der Waals surface area contributed by atoms with Gasteiger partial charge in [0.1, 0.15) is 0 Å². The second-order valence-corrected chi connectivity index (χ2v) is 2.42. The molecule has 1 aliphatic heterocycles. The summed E-state index contributed by atoms with van der Waals surface area (Å²) in [5, 5.41) is 0. The largest absolute Gasteiger partial charge is 0.501 e. The molecule has 0 aromatic heterocycles. The minimum atomic E-state index is 0.740. The van der Waals surface area contributed by atoms with E-state index in [9.17, 15) is 0 Å². The topological polar surface area (TPSA) is 9.23 Å². The van der Waals surface area contributed by atoms with Crippen LogP contribution in [0.5, 0.6) is 0 Å². The summed E-state index contributed by atoms with van der Waals surface area (Å²) in [6.07, 6.45) is 3.05. The van der Waals surface area contributed by atoms with Crippen LogP contribution < -0.4 is 0 Å². The molecule has 0 aromatic carbocycles. The highest BCUT2D eigenvalue weighted by atomic mass is 16.5. The highest BCUT2D eigenvalue weighted by molar-refractivity contribution is 5.00. The second-order valence-electron chi connectivity index (χ2n) is 2.42. The van der Waals surface area contributed by atoms with Crippen molar-refractivity contribution >= 4 is 0 Å². The van der Waals surface area contributed by atoms with Gasteiger partial charge in [-0.15, -0.1) is 0 Å². The van der Waals surface area contributed by atoms with E-state index in [0.29, 0.717) is 0 Å². The van der Waals surface area contributed by atoms with Gasteiger partial charge in [0.05, 0.1) is 12.9 Å². The van der Waals surface area contributed by atoms with Gasteiger partial charge in [-0.05, 0) is 24.8 Å². The van der Waals surface area contributed by atoms with E-state index in [0.717, 1.165) is 12.5 Å². The highest BCUT2D eigenvalue weighted by Gasteiger charge is 2.07. The lowest BCUT2D eigenvalue weighted by Gasteiger charge is -2.16. The first-order chi connectivity index (χ1) is 3.80. The van der Waals surface area contributed by atoms with Crippen LogP contribution in [0.15, 0.2) is 11.8 Å². The fourth-order valence-corrected chi connectivity index (χ4v) is 0.779. The van der Waals surface area contributed by atoms with Gasteiger partial charge in [0, 0.05) is 0 Å². The van der Waals surface area contributed by atoms with Crippen LogP contribution in [0.4, 0.5) is 0 Å². The van der Waals surface area contributed by atoms with Gasteiger partial charge in [-0.2, -0.15) is 0 Å². The van der Waals surface area contributed by atoms with Crippen molar-refractivity contribution in [3.8, 4) is 0 Å². The number of hydrogen-bond acceptors (Lipinski definition) is 1. The lowest BCUT2D eigenvalue weighted by Crippen LogP contribution is -2.06. The first-order valence-corrected chi connectivity index (χ1v) is 3.09. The summed E-state index contributed by atoms with van der Waals surface area (Å²) in [6.45, 7) is 5.25. The Balaban J connectivity index is 2.53. The lowest BCUT2D eigenvalue weighted by molar-refractivity contribution is 0.204. The lowest BCUT2D eigenvalue weighted by atomic mass is 10.00. The van der Waals surface area contributed by atoms with E-state index in [-0.39, 0.29) is 0 Å². The van der Waals surface area contributed by atoms with Crippen molar-refractivity contribution in [2.75, 3.05) is 6.61 Å². The third kappa shape index (κ3) is 1.03. The second kappa shape index (κ2) is 2.21. The zero-order chi connectivity index (χ0) is 5.98. The minimum absolute atomic E-state index is 0.740. The molecule has 1 heteroatoms. The summed E-state index contributed by atoms with van der Waals surface area (Å²) in [5.74, 6) is 0.740. The third-order valence-electron chi connectivity index (χ3n) is 1.72. The number of allylic oxidation sites excluding steroid dienone is 1. The molecule has 1 heterocycles. The highest BCUT2D eigenvalue weighted by Crippen LogP contribution is 2.17. The Morgan fingerprint density at radius 2 is 2.50 bits per heavy atom. The van der Waals surface area contributed by atoms with E-state index >= 15 is 0 Å². The molecule has 0 spiro atoms. The monoisotopic (exact) mass is 112 g/mol. The molecular formula is C7H12O. The SMILES string of the molecule is CC1=COCCC1C. The van der Waals surface area contributed by atoms with E-state index < -0.39 is 0 Å². The smallest absolute Gasteiger partial charge is 0.0878 e. The number of rotatable bonds is 0. The van der Waals surface area contributed by atoms with Gasteiger partial charge in [-0.3, -0.25) is 0 Å². The Kier molecular flexibility index (Phi) is 1.56. The van der Waals surface area contributed by atoms with Crippen molar-refractivity contribution in [2.24, 2.45) is 5.92 Å². The van der Waals surface area contributed by atoms with Crippen molar-refractivity contribution in [2.45, 2.75) is 20.3 Å². The Morgan fingerprint density at radius 3 is 2.88 bits per heavy atom. The van der Waals surface area contributed by atoms with Gasteiger partial charge in [0.2, 0.25) is 0 Å². The van der Waals surface area contributed by atoms with Crippen LogP contribution in [0, 0.1) is 5.92 Å². The molecule has 0 saturated carbocycles. The number of ether oxygens (including phenoxy) is 1. The summed E-state index contributed by atoms with van der Waals surface area (Å²) in [6, 6.07) is 0. The quantitative estimate of drug-likeness (QED) is 0.465.